The molecule has 15 heavy (non-hydrogen) atoms. The number of rotatable bonds is 2. The second-order valence-electron chi connectivity index (χ2n) is 4.75. The van der Waals surface area contributed by atoms with E-state index in [4.69, 9.17) is 5.73 Å². The number of anilines is 1. The first-order chi connectivity index (χ1) is 7.10. The molecule has 1 aliphatic rings. The third-order valence-corrected chi connectivity index (χ3v) is 3.65. The van der Waals surface area contributed by atoms with Gasteiger partial charge in [0.25, 0.3) is 0 Å². The zero-order chi connectivity index (χ0) is 10.9. The lowest BCUT2D eigenvalue weighted by Crippen LogP contribution is -2.29. The Morgan fingerprint density at radius 3 is 2.27 bits per heavy atom. The Kier molecular flexibility index (Phi) is 2.70. The first-order valence-corrected chi connectivity index (χ1v) is 5.69. The van der Waals surface area contributed by atoms with Gasteiger partial charge in [-0.15, -0.1) is 0 Å². The third-order valence-electron chi connectivity index (χ3n) is 3.65. The van der Waals surface area contributed by atoms with Crippen LogP contribution in [-0.2, 0) is 5.60 Å². The van der Waals surface area contributed by atoms with E-state index in [9.17, 15) is 5.11 Å². The van der Waals surface area contributed by atoms with Crippen LogP contribution in [0.1, 0.15) is 38.2 Å². The summed E-state index contributed by atoms with van der Waals surface area (Å²) in [5.74, 6) is 0.404. The van der Waals surface area contributed by atoms with Gasteiger partial charge in [0, 0.05) is 5.69 Å². The van der Waals surface area contributed by atoms with Crippen LogP contribution in [0.15, 0.2) is 24.3 Å². The first-order valence-electron chi connectivity index (χ1n) is 5.69. The average molecular weight is 205 g/mol. The van der Waals surface area contributed by atoms with E-state index >= 15 is 0 Å². The molecule has 1 saturated carbocycles. The molecule has 0 aromatic heterocycles. The molecular formula is C13H19NO. The molecule has 2 heteroatoms. The first kappa shape index (κ1) is 10.5. The molecular weight excluding hydrogens is 186 g/mol. The van der Waals surface area contributed by atoms with Crippen LogP contribution in [0, 0.1) is 5.92 Å². The molecule has 82 valence electrons. The Morgan fingerprint density at radius 1 is 1.20 bits per heavy atom. The normalized spacial score (nSPS) is 21.5. The minimum atomic E-state index is -0.690. The van der Waals surface area contributed by atoms with Gasteiger partial charge in [-0.25, -0.2) is 0 Å². The smallest absolute Gasteiger partial charge is 0.0896 e. The lowest BCUT2D eigenvalue weighted by molar-refractivity contribution is -0.00330. The van der Waals surface area contributed by atoms with Crippen LogP contribution >= 0.6 is 0 Å². The lowest BCUT2D eigenvalue weighted by Gasteiger charge is -2.30. The van der Waals surface area contributed by atoms with E-state index < -0.39 is 5.60 Å². The van der Waals surface area contributed by atoms with Crippen molar-refractivity contribution in [1.82, 2.24) is 0 Å². The van der Waals surface area contributed by atoms with E-state index in [1.54, 1.807) is 0 Å². The van der Waals surface area contributed by atoms with Crippen LogP contribution in [0.5, 0.6) is 0 Å². The van der Waals surface area contributed by atoms with Crippen molar-refractivity contribution in [3.05, 3.63) is 29.8 Å². The summed E-state index contributed by atoms with van der Waals surface area (Å²) in [6.45, 7) is 1.93. The minimum absolute atomic E-state index is 0.404. The van der Waals surface area contributed by atoms with Gasteiger partial charge in [-0.1, -0.05) is 25.0 Å². The summed E-state index contributed by atoms with van der Waals surface area (Å²) in [6, 6.07) is 7.60. The Morgan fingerprint density at radius 2 is 1.73 bits per heavy atom. The fourth-order valence-electron chi connectivity index (χ4n) is 2.54. The highest BCUT2D eigenvalue weighted by Gasteiger charge is 2.35. The molecule has 0 amide bonds. The van der Waals surface area contributed by atoms with Gasteiger partial charge >= 0.3 is 0 Å². The summed E-state index contributed by atoms with van der Waals surface area (Å²) in [6.07, 6.45) is 4.76. The van der Waals surface area contributed by atoms with E-state index in [1.165, 1.54) is 12.8 Å². The molecule has 0 aliphatic heterocycles. The third kappa shape index (κ3) is 2.00. The highest BCUT2D eigenvalue weighted by Crippen LogP contribution is 2.40. The molecule has 1 fully saturated rings. The second-order valence-corrected chi connectivity index (χ2v) is 4.75. The van der Waals surface area contributed by atoms with Crippen molar-refractivity contribution < 1.29 is 5.11 Å². The van der Waals surface area contributed by atoms with Gasteiger partial charge in [0.2, 0.25) is 0 Å². The van der Waals surface area contributed by atoms with Gasteiger partial charge < -0.3 is 10.8 Å². The van der Waals surface area contributed by atoms with Crippen molar-refractivity contribution in [2.24, 2.45) is 5.92 Å². The van der Waals surface area contributed by atoms with Gasteiger partial charge in [-0.05, 0) is 43.4 Å². The van der Waals surface area contributed by atoms with E-state index in [2.05, 4.69) is 0 Å². The van der Waals surface area contributed by atoms with Gasteiger partial charge in [0.1, 0.15) is 0 Å². The van der Waals surface area contributed by atoms with Crippen molar-refractivity contribution >= 4 is 5.69 Å². The van der Waals surface area contributed by atoms with E-state index in [0.29, 0.717) is 5.92 Å². The van der Waals surface area contributed by atoms with Gasteiger partial charge in [0.05, 0.1) is 5.60 Å². The highest BCUT2D eigenvalue weighted by molar-refractivity contribution is 5.40. The maximum Gasteiger partial charge on any atom is 0.0896 e. The van der Waals surface area contributed by atoms with Crippen molar-refractivity contribution in [3.63, 3.8) is 0 Å². The predicted molar refractivity (Wildman–Crippen MR) is 62.4 cm³/mol. The van der Waals surface area contributed by atoms with Gasteiger partial charge in [-0.3, -0.25) is 0 Å². The topological polar surface area (TPSA) is 46.2 Å². The van der Waals surface area contributed by atoms with Gasteiger partial charge in [-0.2, -0.15) is 0 Å². The number of aliphatic hydroxyl groups is 1. The van der Waals surface area contributed by atoms with Crippen molar-refractivity contribution in [1.29, 1.82) is 0 Å². The molecule has 1 aliphatic carbocycles. The molecule has 1 unspecified atom stereocenters. The van der Waals surface area contributed by atoms with E-state index in [-0.39, 0.29) is 0 Å². The Bertz CT molecular complexity index is 323. The van der Waals surface area contributed by atoms with E-state index in [1.807, 2.05) is 31.2 Å². The largest absolute Gasteiger partial charge is 0.399 e. The van der Waals surface area contributed by atoms with Crippen LogP contribution in [0.2, 0.25) is 0 Å². The Balaban J connectivity index is 2.23. The van der Waals surface area contributed by atoms with Crippen LogP contribution in [-0.4, -0.2) is 5.11 Å². The summed E-state index contributed by atoms with van der Waals surface area (Å²) in [4.78, 5) is 0. The summed E-state index contributed by atoms with van der Waals surface area (Å²) < 4.78 is 0. The van der Waals surface area contributed by atoms with Gasteiger partial charge in [0.15, 0.2) is 0 Å². The predicted octanol–water partition coefficient (Wildman–Crippen LogP) is 2.67. The molecule has 3 N–H and O–H groups in total. The zero-order valence-electron chi connectivity index (χ0n) is 9.24. The van der Waals surface area contributed by atoms with Crippen LogP contribution in [0.4, 0.5) is 5.69 Å². The zero-order valence-corrected chi connectivity index (χ0v) is 9.24. The van der Waals surface area contributed by atoms with E-state index in [0.717, 1.165) is 24.1 Å². The molecule has 1 aromatic rings. The molecule has 0 spiro atoms. The molecule has 1 aromatic carbocycles. The van der Waals surface area contributed by atoms with Crippen molar-refractivity contribution in [2.45, 2.75) is 38.2 Å². The molecule has 0 heterocycles. The standard InChI is InChI=1S/C13H19NO/c1-13(15,10-4-2-3-5-10)11-6-8-12(14)9-7-11/h6-10,15H,2-5,14H2,1H3. The molecule has 0 bridgehead atoms. The van der Waals surface area contributed by atoms with Crippen molar-refractivity contribution in [2.75, 3.05) is 5.73 Å². The maximum absolute atomic E-state index is 10.5. The summed E-state index contributed by atoms with van der Waals surface area (Å²) in [5, 5.41) is 10.5. The number of hydrogen-bond donors (Lipinski definition) is 2. The molecule has 0 saturated heterocycles. The number of nitrogen functional groups attached to an aromatic ring is 1. The summed E-state index contributed by atoms with van der Waals surface area (Å²) in [7, 11) is 0. The number of nitrogens with two attached hydrogens (primary N) is 1. The molecule has 2 rings (SSSR count). The SMILES string of the molecule is CC(O)(c1ccc(N)cc1)C1CCCC1. The highest BCUT2D eigenvalue weighted by atomic mass is 16.3. The molecule has 0 radical (unpaired) electrons. The van der Waals surface area contributed by atoms with Crippen LogP contribution in [0.3, 0.4) is 0 Å². The fraction of sp³-hybridized carbons (Fsp3) is 0.538. The average Bonchev–Trinajstić information content (AvgIpc) is 2.71. The Labute approximate surface area is 91.1 Å². The number of hydrogen-bond acceptors (Lipinski definition) is 2. The second kappa shape index (κ2) is 3.86. The monoisotopic (exact) mass is 205 g/mol. The fourth-order valence-corrected chi connectivity index (χ4v) is 2.54. The van der Waals surface area contributed by atoms with Crippen molar-refractivity contribution in [3.8, 4) is 0 Å². The van der Waals surface area contributed by atoms with Crippen LogP contribution in [0.25, 0.3) is 0 Å². The molecule has 2 nitrogen and oxygen atoms in total. The molecule has 1 atom stereocenters. The number of benzene rings is 1. The lowest BCUT2D eigenvalue weighted by atomic mass is 9.82. The summed E-state index contributed by atoms with van der Waals surface area (Å²) in [5.41, 5.74) is 6.69. The minimum Gasteiger partial charge on any atom is -0.399 e. The maximum atomic E-state index is 10.5. The Hall–Kier alpha value is -1.02. The van der Waals surface area contributed by atoms with Crippen LogP contribution < -0.4 is 5.73 Å². The quantitative estimate of drug-likeness (QED) is 0.729. The summed E-state index contributed by atoms with van der Waals surface area (Å²) >= 11 is 0.